The highest BCUT2D eigenvalue weighted by Crippen LogP contribution is 2.20. The molecule has 1 rings (SSSR count). The van der Waals surface area contributed by atoms with Crippen molar-refractivity contribution in [3.8, 4) is 0 Å². The van der Waals surface area contributed by atoms with Gasteiger partial charge < -0.3 is 10.1 Å². The first-order valence-corrected chi connectivity index (χ1v) is 5.14. The van der Waals surface area contributed by atoms with Crippen molar-refractivity contribution in [2.45, 2.75) is 20.3 Å². The molecule has 0 unspecified atom stereocenters. The number of ether oxygens (including phenoxy) is 1. The van der Waals surface area contributed by atoms with Crippen LogP contribution in [0, 0.1) is 5.41 Å². The van der Waals surface area contributed by atoms with Crippen LogP contribution in [0.1, 0.15) is 20.3 Å². The Bertz CT molecular complexity index is 274. The molecule has 0 aliphatic heterocycles. The first kappa shape index (κ1) is 11.9. The maximum absolute atomic E-state index is 5.07. The average molecular weight is 209 g/mol. The minimum atomic E-state index is 0.202. The van der Waals surface area contributed by atoms with Gasteiger partial charge in [-0.25, -0.2) is 0 Å². The molecule has 0 radical (unpaired) electrons. The monoisotopic (exact) mass is 209 g/mol. The third-order valence-corrected chi connectivity index (χ3v) is 2.30. The normalized spacial score (nSPS) is 11.4. The molecule has 1 N–H and O–H groups in total. The molecule has 4 heteroatoms. The lowest BCUT2D eigenvalue weighted by molar-refractivity contribution is 0.157. The van der Waals surface area contributed by atoms with Gasteiger partial charge in [0.15, 0.2) is 0 Å². The number of methoxy groups -OCH3 is 1. The topological polar surface area (TPSA) is 47.0 Å². The van der Waals surface area contributed by atoms with Crippen LogP contribution < -0.4 is 5.32 Å². The van der Waals surface area contributed by atoms with Crippen molar-refractivity contribution in [2.75, 3.05) is 25.6 Å². The first-order valence-electron chi connectivity index (χ1n) is 5.14. The third-order valence-electron chi connectivity index (χ3n) is 2.30. The molecule has 1 aromatic heterocycles. The molecule has 15 heavy (non-hydrogen) atoms. The molecule has 0 amide bonds. The van der Waals surface area contributed by atoms with Crippen molar-refractivity contribution in [3.05, 3.63) is 18.3 Å². The van der Waals surface area contributed by atoms with Crippen molar-refractivity contribution in [1.82, 2.24) is 10.2 Å². The van der Waals surface area contributed by atoms with Gasteiger partial charge in [0.2, 0.25) is 0 Å². The zero-order chi connectivity index (χ0) is 11.1. The van der Waals surface area contributed by atoms with E-state index in [1.807, 2.05) is 12.1 Å². The number of anilines is 1. The number of nitrogens with one attached hydrogen (secondary N) is 1. The summed E-state index contributed by atoms with van der Waals surface area (Å²) in [6, 6.07) is 3.79. The first-order chi connectivity index (χ1) is 7.14. The summed E-state index contributed by atoms with van der Waals surface area (Å²) >= 11 is 0. The number of aromatic nitrogens is 2. The summed E-state index contributed by atoms with van der Waals surface area (Å²) in [6.07, 6.45) is 2.69. The van der Waals surface area contributed by atoms with E-state index in [0.29, 0.717) is 0 Å². The minimum absolute atomic E-state index is 0.202. The Kier molecular flexibility index (Phi) is 4.49. The van der Waals surface area contributed by atoms with Crippen molar-refractivity contribution in [1.29, 1.82) is 0 Å². The van der Waals surface area contributed by atoms with Crippen LogP contribution in [0.25, 0.3) is 0 Å². The van der Waals surface area contributed by atoms with E-state index in [4.69, 9.17) is 4.74 Å². The van der Waals surface area contributed by atoms with E-state index in [1.54, 1.807) is 13.3 Å². The molecule has 0 aromatic carbocycles. The van der Waals surface area contributed by atoms with E-state index in [2.05, 4.69) is 29.4 Å². The van der Waals surface area contributed by atoms with E-state index in [-0.39, 0.29) is 5.41 Å². The van der Waals surface area contributed by atoms with Gasteiger partial charge in [0.25, 0.3) is 0 Å². The van der Waals surface area contributed by atoms with Gasteiger partial charge in [-0.1, -0.05) is 13.8 Å². The van der Waals surface area contributed by atoms with Gasteiger partial charge in [-0.3, -0.25) is 0 Å². The Hall–Kier alpha value is -1.16. The molecule has 0 bridgehead atoms. The van der Waals surface area contributed by atoms with Gasteiger partial charge >= 0.3 is 0 Å². The van der Waals surface area contributed by atoms with Crippen LogP contribution in [0.5, 0.6) is 0 Å². The van der Waals surface area contributed by atoms with Crippen molar-refractivity contribution >= 4 is 5.82 Å². The largest absolute Gasteiger partial charge is 0.385 e. The highest BCUT2D eigenvalue weighted by molar-refractivity contribution is 5.31. The van der Waals surface area contributed by atoms with Crippen LogP contribution >= 0.6 is 0 Å². The van der Waals surface area contributed by atoms with E-state index in [1.165, 1.54) is 0 Å². The second-order valence-corrected chi connectivity index (χ2v) is 4.37. The Morgan fingerprint density at radius 3 is 2.87 bits per heavy atom. The number of hydrogen-bond donors (Lipinski definition) is 1. The molecular weight excluding hydrogens is 190 g/mol. The van der Waals surface area contributed by atoms with Crippen LogP contribution in [0.2, 0.25) is 0 Å². The summed E-state index contributed by atoms with van der Waals surface area (Å²) in [5, 5.41) is 11.0. The minimum Gasteiger partial charge on any atom is -0.385 e. The van der Waals surface area contributed by atoms with Gasteiger partial charge in [-0.15, -0.1) is 5.10 Å². The predicted molar refractivity (Wildman–Crippen MR) is 60.8 cm³/mol. The zero-order valence-corrected chi connectivity index (χ0v) is 9.66. The lowest BCUT2D eigenvalue weighted by atomic mass is 9.90. The van der Waals surface area contributed by atoms with E-state index in [0.717, 1.165) is 25.4 Å². The molecule has 0 aliphatic carbocycles. The second kappa shape index (κ2) is 5.66. The molecule has 1 aromatic rings. The van der Waals surface area contributed by atoms with E-state index >= 15 is 0 Å². The van der Waals surface area contributed by atoms with Gasteiger partial charge in [0.05, 0.1) is 0 Å². The number of nitrogens with zero attached hydrogens (tertiary/aromatic N) is 2. The van der Waals surface area contributed by atoms with Crippen molar-refractivity contribution in [3.63, 3.8) is 0 Å². The number of hydrogen-bond acceptors (Lipinski definition) is 4. The maximum Gasteiger partial charge on any atom is 0.148 e. The Morgan fingerprint density at radius 1 is 1.47 bits per heavy atom. The van der Waals surface area contributed by atoms with Crippen LogP contribution in [-0.2, 0) is 4.74 Å². The van der Waals surface area contributed by atoms with E-state index < -0.39 is 0 Å². The molecule has 4 nitrogen and oxygen atoms in total. The average Bonchev–Trinajstić information content (AvgIpc) is 2.25. The Labute approximate surface area is 91.1 Å². The second-order valence-electron chi connectivity index (χ2n) is 4.37. The SMILES string of the molecule is COCCC(C)(C)CNc1cccnn1. The number of rotatable bonds is 6. The fraction of sp³-hybridized carbons (Fsp3) is 0.636. The zero-order valence-electron chi connectivity index (χ0n) is 9.66. The molecule has 0 saturated carbocycles. The third kappa shape index (κ3) is 4.74. The standard InChI is InChI=1S/C11H19N3O/c1-11(2,6-8-15-3)9-12-10-5-4-7-13-14-10/h4-5,7H,6,8-9H2,1-3H3,(H,12,14). The van der Waals surface area contributed by atoms with Gasteiger partial charge in [0, 0.05) is 26.5 Å². The maximum atomic E-state index is 5.07. The molecule has 1 heterocycles. The lowest BCUT2D eigenvalue weighted by Gasteiger charge is -2.24. The fourth-order valence-corrected chi connectivity index (χ4v) is 1.19. The Balaban J connectivity index is 2.35. The predicted octanol–water partition coefficient (Wildman–Crippen LogP) is 1.95. The van der Waals surface area contributed by atoms with Gasteiger partial charge in [0.1, 0.15) is 5.82 Å². The smallest absolute Gasteiger partial charge is 0.148 e. The molecule has 0 atom stereocenters. The molecule has 0 spiro atoms. The summed E-state index contributed by atoms with van der Waals surface area (Å²) in [7, 11) is 1.73. The Morgan fingerprint density at radius 2 is 2.27 bits per heavy atom. The summed E-state index contributed by atoms with van der Waals surface area (Å²) in [5.74, 6) is 0.822. The summed E-state index contributed by atoms with van der Waals surface area (Å²) in [6.45, 7) is 6.06. The summed E-state index contributed by atoms with van der Waals surface area (Å²) in [4.78, 5) is 0. The molecule has 84 valence electrons. The molecule has 0 fully saturated rings. The molecular formula is C11H19N3O. The van der Waals surface area contributed by atoms with Crippen molar-refractivity contribution < 1.29 is 4.74 Å². The lowest BCUT2D eigenvalue weighted by Crippen LogP contribution is -2.25. The summed E-state index contributed by atoms with van der Waals surface area (Å²) < 4.78 is 5.07. The van der Waals surface area contributed by atoms with Crippen LogP contribution in [0.15, 0.2) is 18.3 Å². The quantitative estimate of drug-likeness (QED) is 0.778. The molecule has 0 saturated heterocycles. The van der Waals surface area contributed by atoms with Crippen LogP contribution in [0.3, 0.4) is 0 Å². The highest BCUT2D eigenvalue weighted by atomic mass is 16.5. The highest BCUT2D eigenvalue weighted by Gasteiger charge is 2.17. The van der Waals surface area contributed by atoms with Crippen molar-refractivity contribution in [2.24, 2.45) is 5.41 Å². The van der Waals surface area contributed by atoms with Gasteiger partial charge in [-0.05, 0) is 24.0 Å². The van der Waals surface area contributed by atoms with Crippen LogP contribution in [0.4, 0.5) is 5.82 Å². The van der Waals surface area contributed by atoms with Crippen LogP contribution in [-0.4, -0.2) is 30.5 Å². The van der Waals surface area contributed by atoms with E-state index in [9.17, 15) is 0 Å². The van der Waals surface area contributed by atoms with Gasteiger partial charge in [-0.2, -0.15) is 5.10 Å². The molecule has 0 aliphatic rings. The fourth-order valence-electron chi connectivity index (χ4n) is 1.19. The summed E-state index contributed by atoms with van der Waals surface area (Å²) in [5.41, 5.74) is 0.202.